The molecule has 4 nitrogen and oxygen atoms in total. The van der Waals surface area contributed by atoms with E-state index in [2.05, 4.69) is 0 Å². The monoisotopic (exact) mass is 296 g/mol. The van der Waals surface area contributed by atoms with Gasteiger partial charge in [-0.25, -0.2) is 8.42 Å². The fourth-order valence-corrected chi connectivity index (χ4v) is 4.29. The first-order valence-electron chi connectivity index (χ1n) is 7.17. The van der Waals surface area contributed by atoms with Gasteiger partial charge in [0.2, 0.25) is 10.0 Å². The second-order valence-electron chi connectivity index (χ2n) is 5.99. The van der Waals surface area contributed by atoms with Crippen LogP contribution in [0.25, 0.3) is 0 Å². The van der Waals surface area contributed by atoms with Gasteiger partial charge in [0.15, 0.2) is 0 Å². The van der Waals surface area contributed by atoms with Gasteiger partial charge in [-0.15, -0.1) is 0 Å². The first-order chi connectivity index (χ1) is 9.36. The van der Waals surface area contributed by atoms with Crippen molar-refractivity contribution in [2.75, 3.05) is 6.54 Å². The van der Waals surface area contributed by atoms with E-state index in [1.807, 2.05) is 26.8 Å². The van der Waals surface area contributed by atoms with Crippen LogP contribution in [0.3, 0.4) is 0 Å². The van der Waals surface area contributed by atoms with Gasteiger partial charge in [0.05, 0.1) is 4.90 Å². The van der Waals surface area contributed by atoms with Crippen molar-refractivity contribution >= 4 is 10.0 Å². The second-order valence-corrected chi connectivity index (χ2v) is 7.88. The van der Waals surface area contributed by atoms with Crippen LogP contribution in [0.5, 0.6) is 0 Å². The maximum Gasteiger partial charge on any atom is 0.243 e. The molecule has 0 aromatic heterocycles. The van der Waals surface area contributed by atoms with Crippen molar-refractivity contribution in [3.8, 4) is 0 Å². The molecule has 2 N–H and O–H groups in total. The molecule has 112 valence electrons. The van der Waals surface area contributed by atoms with E-state index in [0.29, 0.717) is 23.9 Å². The molecule has 0 bridgehead atoms. The van der Waals surface area contributed by atoms with E-state index in [4.69, 9.17) is 5.73 Å². The molecule has 0 amide bonds. The molecule has 1 aromatic rings. The Bertz CT molecular complexity index is 578. The zero-order chi connectivity index (χ0) is 14.9. The lowest BCUT2D eigenvalue weighted by Gasteiger charge is -2.24. The lowest BCUT2D eigenvalue weighted by Crippen LogP contribution is -2.36. The lowest BCUT2D eigenvalue weighted by molar-refractivity contribution is 0.360. The number of hydrogen-bond donors (Lipinski definition) is 1. The number of aryl methyl sites for hydroxylation is 1. The van der Waals surface area contributed by atoms with Crippen LogP contribution in [0.15, 0.2) is 23.1 Å². The first-order valence-corrected chi connectivity index (χ1v) is 8.61. The molecule has 5 heteroatoms. The van der Waals surface area contributed by atoms with Gasteiger partial charge in [-0.05, 0) is 48.9 Å². The topological polar surface area (TPSA) is 63.4 Å². The number of nitrogens with two attached hydrogens (primary N) is 1. The highest BCUT2D eigenvalue weighted by Gasteiger charge is 2.38. The van der Waals surface area contributed by atoms with Gasteiger partial charge in [-0.1, -0.05) is 19.9 Å². The van der Waals surface area contributed by atoms with E-state index in [-0.39, 0.29) is 6.04 Å². The van der Waals surface area contributed by atoms with E-state index in [0.717, 1.165) is 24.0 Å². The van der Waals surface area contributed by atoms with E-state index < -0.39 is 10.0 Å². The third kappa shape index (κ3) is 3.22. The molecular formula is C15H24N2O2S. The summed E-state index contributed by atoms with van der Waals surface area (Å²) in [6, 6.07) is 5.44. The Morgan fingerprint density at radius 2 is 2.00 bits per heavy atom. The van der Waals surface area contributed by atoms with Gasteiger partial charge in [0.1, 0.15) is 0 Å². The van der Waals surface area contributed by atoms with Gasteiger partial charge in [-0.3, -0.25) is 0 Å². The molecule has 0 unspecified atom stereocenters. The number of nitrogens with zero attached hydrogens (tertiary/aromatic N) is 1. The van der Waals surface area contributed by atoms with Gasteiger partial charge in [-0.2, -0.15) is 4.31 Å². The van der Waals surface area contributed by atoms with E-state index in [1.165, 1.54) is 0 Å². The summed E-state index contributed by atoms with van der Waals surface area (Å²) in [6.07, 6.45) is 1.96. The molecule has 0 heterocycles. The summed E-state index contributed by atoms with van der Waals surface area (Å²) in [6.45, 7) is 7.03. The standard InChI is InChI=1S/C15H24N2O2S/c1-11(2)10-17(14-5-6-14)20(18,19)15-7-4-13(9-16)12(3)8-15/h4,7-8,11,14H,5-6,9-10,16H2,1-3H3. The van der Waals surface area contributed by atoms with Crippen LogP contribution in [0.1, 0.15) is 37.8 Å². The molecule has 1 fully saturated rings. The Morgan fingerprint density at radius 3 is 2.45 bits per heavy atom. The third-order valence-corrected chi connectivity index (χ3v) is 5.55. The highest BCUT2D eigenvalue weighted by atomic mass is 32.2. The molecule has 1 aliphatic rings. The van der Waals surface area contributed by atoms with Crippen molar-refractivity contribution in [1.82, 2.24) is 4.31 Å². The molecule has 0 saturated heterocycles. The van der Waals surface area contributed by atoms with Gasteiger partial charge < -0.3 is 5.73 Å². The minimum Gasteiger partial charge on any atom is -0.326 e. The summed E-state index contributed by atoms with van der Waals surface area (Å²) >= 11 is 0. The van der Waals surface area contributed by atoms with Crippen LogP contribution in [0, 0.1) is 12.8 Å². The predicted octanol–water partition coefficient (Wildman–Crippen LogP) is 2.26. The lowest BCUT2D eigenvalue weighted by atomic mass is 10.1. The summed E-state index contributed by atoms with van der Waals surface area (Å²) in [7, 11) is -3.39. The van der Waals surface area contributed by atoms with Crippen LogP contribution in [0.2, 0.25) is 0 Å². The summed E-state index contributed by atoms with van der Waals surface area (Å²) in [5.41, 5.74) is 7.56. The van der Waals surface area contributed by atoms with Crippen LogP contribution >= 0.6 is 0 Å². The minimum atomic E-state index is -3.39. The summed E-state index contributed by atoms with van der Waals surface area (Å²) in [4.78, 5) is 0.389. The fourth-order valence-electron chi connectivity index (χ4n) is 2.36. The first kappa shape index (κ1) is 15.5. The molecule has 0 atom stereocenters. The molecule has 2 rings (SSSR count). The summed E-state index contributed by atoms with van der Waals surface area (Å²) < 4.78 is 27.3. The fraction of sp³-hybridized carbons (Fsp3) is 0.600. The van der Waals surface area contributed by atoms with E-state index >= 15 is 0 Å². The molecule has 0 radical (unpaired) electrons. The quantitative estimate of drug-likeness (QED) is 0.876. The Labute approximate surface area is 122 Å². The molecular weight excluding hydrogens is 272 g/mol. The number of sulfonamides is 1. The molecule has 1 aromatic carbocycles. The summed E-state index contributed by atoms with van der Waals surface area (Å²) in [5.74, 6) is 0.329. The number of rotatable bonds is 6. The number of hydrogen-bond acceptors (Lipinski definition) is 3. The molecule has 0 spiro atoms. The van der Waals surface area contributed by atoms with Gasteiger partial charge in [0.25, 0.3) is 0 Å². The van der Waals surface area contributed by atoms with Crippen LogP contribution in [-0.4, -0.2) is 25.3 Å². The van der Waals surface area contributed by atoms with Crippen LogP contribution < -0.4 is 5.73 Å². The number of benzene rings is 1. The van der Waals surface area contributed by atoms with Crippen LogP contribution in [0.4, 0.5) is 0 Å². The third-order valence-electron chi connectivity index (χ3n) is 3.64. The maximum atomic E-state index is 12.8. The largest absolute Gasteiger partial charge is 0.326 e. The Kier molecular flexibility index (Phi) is 4.52. The van der Waals surface area contributed by atoms with Crippen molar-refractivity contribution in [2.45, 2.75) is 51.1 Å². The van der Waals surface area contributed by atoms with Gasteiger partial charge in [0, 0.05) is 19.1 Å². The second kappa shape index (κ2) is 5.84. The highest BCUT2D eigenvalue weighted by Crippen LogP contribution is 2.33. The predicted molar refractivity (Wildman–Crippen MR) is 80.8 cm³/mol. The zero-order valence-corrected chi connectivity index (χ0v) is 13.3. The van der Waals surface area contributed by atoms with Crippen molar-refractivity contribution in [3.05, 3.63) is 29.3 Å². The summed E-state index contributed by atoms with van der Waals surface area (Å²) in [5, 5.41) is 0. The SMILES string of the molecule is Cc1cc(S(=O)(=O)N(CC(C)C)C2CC2)ccc1CN. The van der Waals surface area contributed by atoms with E-state index in [1.54, 1.807) is 16.4 Å². The Hall–Kier alpha value is -0.910. The average molecular weight is 296 g/mol. The Balaban J connectivity index is 2.34. The molecule has 1 aliphatic carbocycles. The van der Waals surface area contributed by atoms with Crippen LogP contribution in [-0.2, 0) is 16.6 Å². The normalized spacial score (nSPS) is 16.1. The van der Waals surface area contributed by atoms with Crippen molar-refractivity contribution in [1.29, 1.82) is 0 Å². The molecule has 0 aliphatic heterocycles. The zero-order valence-electron chi connectivity index (χ0n) is 12.5. The Morgan fingerprint density at radius 1 is 1.35 bits per heavy atom. The molecule has 20 heavy (non-hydrogen) atoms. The van der Waals surface area contributed by atoms with Gasteiger partial charge >= 0.3 is 0 Å². The smallest absolute Gasteiger partial charge is 0.243 e. The van der Waals surface area contributed by atoms with E-state index in [9.17, 15) is 8.42 Å². The molecule has 1 saturated carbocycles. The average Bonchev–Trinajstić information content (AvgIpc) is 3.19. The van der Waals surface area contributed by atoms with Crippen molar-refractivity contribution < 1.29 is 8.42 Å². The minimum absolute atomic E-state index is 0.192. The van der Waals surface area contributed by atoms with Crippen molar-refractivity contribution in [2.24, 2.45) is 11.7 Å². The van der Waals surface area contributed by atoms with Crippen molar-refractivity contribution in [3.63, 3.8) is 0 Å². The highest BCUT2D eigenvalue weighted by molar-refractivity contribution is 7.89. The maximum absolute atomic E-state index is 12.8.